The molecule has 3 rings (SSSR count). The van der Waals surface area contributed by atoms with Crippen LogP contribution >= 0.6 is 0 Å². The summed E-state index contributed by atoms with van der Waals surface area (Å²) >= 11 is 0. The van der Waals surface area contributed by atoms with Gasteiger partial charge in [-0.15, -0.1) is 0 Å². The summed E-state index contributed by atoms with van der Waals surface area (Å²) in [7, 11) is 0. The van der Waals surface area contributed by atoms with Crippen LogP contribution in [0, 0.1) is 18.8 Å². The molecule has 66 valence electrons. The third-order valence-corrected chi connectivity index (χ3v) is 2.82. The van der Waals surface area contributed by atoms with Gasteiger partial charge in [-0.3, -0.25) is 0 Å². The van der Waals surface area contributed by atoms with Crippen LogP contribution in [0.5, 0.6) is 0 Å². The third kappa shape index (κ3) is 1.05. The maximum absolute atomic E-state index is 4.33. The molecule has 1 aromatic rings. The van der Waals surface area contributed by atoms with Gasteiger partial charge in [0.05, 0.1) is 6.20 Å². The van der Waals surface area contributed by atoms with Gasteiger partial charge >= 0.3 is 0 Å². The van der Waals surface area contributed by atoms with E-state index in [1.54, 1.807) is 0 Å². The van der Waals surface area contributed by atoms with Gasteiger partial charge in [0.15, 0.2) is 0 Å². The smallest absolute Gasteiger partial charge is 0.0523 e. The maximum Gasteiger partial charge on any atom is 0.0523 e. The molecule has 0 amide bonds. The standard InChI is InChI=1S/C11H12N2/c1-8-6-12-13(7-8)11-4-2-3-9-5-10(9)11/h2-4,6-7,9-10H,5H2,1H3. The van der Waals surface area contributed by atoms with Crippen molar-refractivity contribution in [3.63, 3.8) is 0 Å². The monoisotopic (exact) mass is 172 g/mol. The number of aromatic nitrogens is 2. The summed E-state index contributed by atoms with van der Waals surface area (Å²) in [6.07, 6.45) is 11.9. The minimum absolute atomic E-state index is 0.740. The van der Waals surface area contributed by atoms with Crippen LogP contribution in [-0.4, -0.2) is 9.78 Å². The van der Waals surface area contributed by atoms with E-state index in [0.717, 1.165) is 11.8 Å². The van der Waals surface area contributed by atoms with E-state index >= 15 is 0 Å². The predicted octanol–water partition coefficient (Wildman–Crippen LogP) is 2.24. The normalized spacial score (nSPS) is 29.8. The number of nitrogens with zero attached hydrogens (tertiary/aromatic N) is 2. The molecule has 0 N–H and O–H groups in total. The Hall–Kier alpha value is -1.31. The quantitative estimate of drug-likeness (QED) is 0.635. The van der Waals surface area contributed by atoms with E-state index in [0.29, 0.717) is 0 Å². The molecule has 0 radical (unpaired) electrons. The molecule has 13 heavy (non-hydrogen) atoms. The van der Waals surface area contributed by atoms with E-state index in [9.17, 15) is 0 Å². The fraction of sp³-hybridized carbons (Fsp3) is 0.364. The Labute approximate surface area is 77.6 Å². The van der Waals surface area contributed by atoms with Crippen molar-refractivity contribution < 1.29 is 0 Å². The molecule has 2 unspecified atom stereocenters. The first-order valence-electron chi connectivity index (χ1n) is 4.74. The molecular formula is C11H12N2. The Balaban J connectivity index is 2.01. The average molecular weight is 172 g/mol. The molecule has 2 heteroatoms. The van der Waals surface area contributed by atoms with Crippen LogP contribution in [0.2, 0.25) is 0 Å². The van der Waals surface area contributed by atoms with Crippen LogP contribution in [0.25, 0.3) is 5.70 Å². The Kier molecular flexibility index (Phi) is 1.29. The highest BCUT2D eigenvalue weighted by Gasteiger charge is 2.40. The molecule has 0 aromatic carbocycles. The Bertz CT molecular complexity index is 398. The van der Waals surface area contributed by atoms with Crippen molar-refractivity contribution in [2.24, 2.45) is 11.8 Å². The molecule has 2 nitrogen and oxygen atoms in total. The fourth-order valence-electron chi connectivity index (χ4n) is 1.99. The van der Waals surface area contributed by atoms with E-state index in [1.807, 2.05) is 10.9 Å². The number of rotatable bonds is 1. The van der Waals surface area contributed by atoms with Gasteiger partial charge in [-0.2, -0.15) is 5.10 Å². The van der Waals surface area contributed by atoms with Gasteiger partial charge in [0.2, 0.25) is 0 Å². The van der Waals surface area contributed by atoms with E-state index in [2.05, 4.69) is 36.4 Å². The van der Waals surface area contributed by atoms with Gasteiger partial charge in [0.1, 0.15) is 0 Å². The second kappa shape index (κ2) is 2.34. The summed E-state index contributed by atoms with van der Waals surface area (Å²) < 4.78 is 2.02. The average Bonchev–Trinajstić information content (AvgIpc) is 2.81. The zero-order chi connectivity index (χ0) is 8.84. The summed E-state index contributed by atoms with van der Waals surface area (Å²) in [6, 6.07) is 0. The van der Waals surface area contributed by atoms with Gasteiger partial charge in [-0.1, -0.05) is 12.2 Å². The molecule has 1 aromatic heterocycles. The number of aryl methyl sites for hydroxylation is 1. The molecule has 2 aliphatic rings. The van der Waals surface area contributed by atoms with Crippen LogP contribution in [0.1, 0.15) is 12.0 Å². The van der Waals surface area contributed by atoms with Gasteiger partial charge in [0.25, 0.3) is 0 Å². The number of allylic oxidation sites excluding steroid dienone is 4. The SMILES string of the molecule is Cc1cnn(C2=CC=CC3CC23)c1. The minimum atomic E-state index is 0.740. The van der Waals surface area contributed by atoms with Gasteiger partial charge in [0, 0.05) is 17.8 Å². The molecule has 1 fully saturated rings. The molecular weight excluding hydrogens is 160 g/mol. The summed E-state index contributed by atoms with van der Waals surface area (Å²) in [5, 5.41) is 4.33. The lowest BCUT2D eigenvalue weighted by atomic mass is 10.1. The van der Waals surface area contributed by atoms with Crippen molar-refractivity contribution in [3.05, 3.63) is 36.2 Å². The Morgan fingerprint density at radius 2 is 2.46 bits per heavy atom. The summed E-state index contributed by atoms with van der Waals surface area (Å²) in [6.45, 7) is 2.08. The van der Waals surface area contributed by atoms with Crippen LogP contribution in [0.15, 0.2) is 30.6 Å². The van der Waals surface area contributed by atoms with Crippen LogP contribution in [0.3, 0.4) is 0 Å². The first kappa shape index (κ1) is 7.13. The van der Waals surface area contributed by atoms with Crippen molar-refractivity contribution >= 4 is 5.70 Å². The fourth-order valence-corrected chi connectivity index (χ4v) is 1.99. The summed E-state index contributed by atoms with van der Waals surface area (Å²) in [4.78, 5) is 0. The first-order chi connectivity index (χ1) is 6.34. The molecule has 2 aliphatic carbocycles. The lowest BCUT2D eigenvalue weighted by Gasteiger charge is -2.07. The van der Waals surface area contributed by atoms with E-state index in [4.69, 9.17) is 0 Å². The highest BCUT2D eigenvalue weighted by Crippen LogP contribution is 2.48. The maximum atomic E-state index is 4.33. The zero-order valence-electron chi connectivity index (χ0n) is 7.64. The summed E-state index contributed by atoms with van der Waals surface area (Å²) in [5.74, 6) is 1.54. The Morgan fingerprint density at radius 1 is 1.54 bits per heavy atom. The van der Waals surface area contributed by atoms with Crippen LogP contribution in [0.4, 0.5) is 0 Å². The number of hydrogen-bond donors (Lipinski definition) is 0. The van der Waals surface area contributed by atoms with Crippen molar-refractivity contribution in [2.75, 3.05) is 0 Å². The number of fused-ring (bicyclic) bond motifs is 1. The highest BCUT2D eigenvalue weighted by atomic mass is 15.3. The molecule has 0 spiro atoms. The number of hydrogen-bond acceptors (Lipinski definition) is 1. The molecule has 0 saturated heterocycles. The molecule has 1 heterocycles. The zero-order valence-corrected chi connectivity index (χ0v) is 7.64. The molecule has 0 bridgehead atoms. The lowest BCUT2D eigenvalue weighted by molar-refractivity contribution is 0.816. The molecule has 2 atom stereocenters. The van der Waals surface area contributed by atoms with Crippen molar-refractivity contribution in [1.82, 2.24) is 9.78 Å². The second-order valence-electron chi connectivity index (χ2n) is 3.94. The topological polar surface area (TPSA) is 17.8 Å². The van der Waals surface area contributed by atoms with Gasteiger partial charge < -0.3 is 0 Å². The van der Waals surface area contributed by atoms with Crippen molar-refractivity contribution in [2.45, 2.75) is 13.3 Å². The Morgan fingerprint density at radius 3 is 3.23 bits per heavy atom. The lowest BCUT2D eigenvalue weighted by Crippen LogP contribution is -2.01. The highest BCUT2D eigenvalue weighted by molar-refractivity contribution is 5.57. The van der Waals surface area contributed by atoms with Crippen molar-refractivity contribution in [1.29, 1.82) is 0 Å². The first-order valence-corrected chi connectivity index (χ1v) is 4.74. The second-order valence-corrected chi connectivity index (χ2v) is 3.94. The van der Waals surface area contributed by atoms with Gasteiger partial charge in [-0.25, -0.2) is 4.68 Å². The molecule has 1 saturated carbocycles. The predicted molar refractivity (Wildman–Crippen MR) is 52.0 cm³/mol. The third-order valence-electron chi connectivity index (χ3n) is 2.82. The minimum Gasteiger partial charge on any atom is -0.245 e. The van der Waals surface area contributed by atoms with Gasteiger partial charge in [-0.05, 0) is 30.9 Å². The van der Waals surface area contributed by atoms with Crippen LogP contribution in [-0.2, 0) is 0 Å². The van der Waals surface area contributed by atoms with Crippen molar-refractivity contribution in [3.8, 4) is 0 Å². The van der Waals surface area contributed by atoms with E-state index < -0.39 is 0 Å². The van der Waals surface area contributed by atoms with E-state index in [1.165, 1.54) is 17.7 Å². The largest absolute Gasteiger partial charge is 0.245 e. The van der Waals surface area contributed by atoms with Crippen LogP contribution < -0.4 is 0 Å². The van der Waals surface area contributed by atoms with E-state index in [-0.39, 0.29) is 0 Å². The molecule has 0 aliphatic heterocycles. The summed E-state index contributed by atoms with van der Waals surface area (Å²) in [5.41, 5.74) is 2.59.